The number of rotatable bonds is 6. The Labute approximate surface area is 141 Å². The lowest BCUT2D eigenvalue weighted by Crippen LogP contribution is -2.03. The van der Waals surface area contributed by atoms with Gasteiger partial charge in [-0.1, -0.05) is 30.3 Å². The van der Waals surface area contributed by atoms with Gasteiger partial charge in [0.1, 0.15) is 0 Å². The van der Waals surface area contributed by atoms with E-state index in [1.807, 2.05) is 54.6 Å². The highest BCUT2D eigenvalue weighted by Gasteiger charge is 2.09. The van der Waals surface area contributed by atoms with Crippen molar-refractivity contribution in [2.45, 2.75) is 11.3 Å². The molecule has 3 aromatic rings. The molecular weight excluding hydrogens is 324 g/mol. The van der Waals surface area contributed by atoms with E-state index in [2.05, 4.69) is 4.98 Å². The average Bonchev–Trinajstić information content (AvgIpc) is 3.02. The minimum atomic E-state index is -1.23. The molecule has 0 bridgehead atoms. The van der Waals surface area contributed by atoms with Gasteiger partial charge in [-0.3, -0.25) is 10.1 Å². The number of hydrogen-bond donors (Lipinski definition) is 1. The van der Waals surface area contributed by atoms with E-state index in [9.17, 15) is 14.3 Å². The molecule has 1 N–H and O–H groups in total. The van der Waals surface area contributed by atoms with Gasteiger partial charge in [0.15, 0.2) is 0 Å². The molecule has 6 heteroatoms. The summed E-state index contributed by atoms with van der Waals surface area (Å²) in [6, 6.07) is 15.0. The molecule has 24 heavy (non-hydrogen) atoms. The number of nitrogens with zero attached hydrogens (tertiary/aromatic N) is 1. The molecule has 0 aliphatic heterocycles. The van der Waals surface area contributed by atoms with Gasteiger partial charge in [0.25, 0.3) is 0 Å². The van der Waals surface area contributed by atoms with E-state index in [-0.39, 0.29) is 11.5 Å². The number of aromatic nitrogens is 1. The van der Waals surface area contributed by atoms with Crippen molar-refractivity contribution in [2.75, 3.05) is 6.54 Å². The van der Waals surface area contributed by atoms with Gasteiger partial charge < -0.3 is 4.98 Å². The minimum absolute atomic E-state index is 0.110. The average molecular weight is 340 g/mol. The summed E-state index contributed by atoms with van der Waals surface area (Å²) in [6.45, 7) is -0.110. The number of nitrogens with one attached hydrogen (secondary N) is 1. The molecule has 2 aromatic carbocycles. The maximum Gasteiger partial charge on any atom is 0.207 e. The lowest BCUT2D eigenvalue weighted by Gasteiger charge is -2.01. The third-order valence-corrected chi connectivity index (χ3v) is 4.85. The maximum absolute atomic E-state index is 12.3. The summed E-state index contributed by atoms with van der Waals surface area (Å²) < 4.78 is 12.3. The molecule has 0 saturated heterocycles. The zero-order valence-electron chi connectivity index (χ0n) is 12.8. The molecule has 0 amide bonds. The van der Waals surface area contributed by atoms with Crippen molar-refractivity contribution in [2.24, 2.45) is 0 Å². The first-order valence-electron chi connectivity index (χ1n) is 7.50. The monoisotopic (exact) mass is 340 g/mol. The summed E-state index contributed by atoms with van der Waals surface area (Å²) in [5.74, 6) is 0. The van der Waals surface area contributed by atoms with Crippen molar-refractivity contribution in [3.05, 3.63) is 81.4 Å². The fraction of sp³-hybridized carbons (Fsp3) is 0.111. The van der Waals surface area contributed by atoms with Crippen LogP contribution in [0.2, 0.25) is 0 Å². The molecule has 1 atom stereocenters. The number of hydrogen-bond acceptors (Lipinski definition) is 3. The predicted octanol–water partition coefficient (Wildman–Crippen LogP) is 3.77. The summed E-state index contributed by atoms with van der Waals surface area (Å²) in [7, 11) is -1.23. The molecule has 0 fully saturated rings. The van der Waals surface area contributed by atoms with Gasteiger partial charge >= 0.3 is 0 Å². The normalized spacial score (nSPS) is 12.7. The van der Waals surface area contributed by atoms with Crippen molar-refractivity contribution >= 4 is 27.8 Å². The zero-order chi connectivity index (χ0) is 16.9. The van der Waals surface area contributed by atoms with Crippen LogP contribution in [0.5, 0.6) is 0 Å². The number of H-pyrrole nitrogens is 1. The van der Waals surface area contributed by atoms with Gasteiger partial charge in [-0.15, -0.1) is 0 Å². The van der Waals surface area contributed by atoms with Crippen LogP contribution in [0.1, 0.15) is 11.1 Å². The van der Waals surface area contributed by atoms with E-state index in [4.69, 9.17) is 0 Å². The van der Waals surface area contributed by atoms with Crippen molar-refractivity contribution in [3.63, 3.8) is 0 Å². The smallest absolute Gasteiger partial charge is 0.207 e. The second-order valence-electron chi connectivity index (χ2n) is 5.30. The lowest BCUT2D eigenvalue weighted by atomic mass is 10.0. The fourth-order valence-electron chi connectivity index (χ4n) is 2.60. The van der Waals surface area contributed by atoms with Crippen LogP contribution in [0.4, 0.5) is 0 Å². The van der Waals surface area contributed by atoms with Crippen LogP contribution in [0, 0.1) is 10.1 Å². The minimum Gasteiger partial charge on any atom is -0.361 e. The maximum atomic E-state index is 12.3. The topological polar surface area (TPSA) is 76.0 Å². The van der Waals surface area contributed by atoms with Crippen LogP contribution >= 0.6 is 0 Å². The highest BCUT2D eigenvalue weighted by Crippen LogP contribution is 2.24. The van der Waals surface area contributed by atoms with Crippen LogP contribution in [-0.4, -0.2) is 20.7 Å². The summed E-state index contributed by atoms with van der Waals surface area (Å²) in [5, 5.41) is 13.2. The second kappa shape index (κ2) is 7.23. The molecule has 1 unspecified atom stereocenters. The summed E-state index contributed by atoms with van der Waals surface area (Å²) >= 11 is 0. The number of benzene rings is 2. The molecule has 5 nitrogen and oxygen atoms in total. The number of nitro groups is 1. The van der Waals surface area contributed by atoms with E-state index < -0.39 is 10.8 Å². The van der Waals surface area contributed by atoms with Crippen LogP contribution in [-0.2, 0) is 17.2 Å². The van der Waals surface area contributed by atoms with Crippen LogP contribution in [0.15, 0.2) is 65.0 Å². The van der Waals surface area contributed by atoms with Crippen molar-refractivity contribution in [1.29, 1.82) is 0 Å². The third-order valence-electron chi connectivity index (χ3n) is 3.73. The van der Waals surface area contributed by atoms with E-state index in [1.165, 1.54) is 0 Å². The third kappa shape index (κ3) is 3.60. The second-order valence-corrected chi connectivity index (χ2v) is 6.64. The quantitative estimate of drug-likeness (QED) is 0.548. The van der Waals surface area contributed by atoms with Gasteiger partial charge in [-0.05, 0) is 35.4 Å². The molecule has 0 radical (unpaired) electrons. The van der Waals surface area contributed by atoms with Gasteiger partial charge in [-0.25, -0.2) is 4.21 Å². The molecule has 0 aliphatic rings. The Bertz CT molecular complexity index is 916. The van der Waals surface area contributed by atoms with E-state index >= 15 is 0 Å². The summed E-state index contributed by atoms with van der Waals surface area (Å²) in [4.78, 5) is 14.2. The standard InChI is InChI=1S/C18H16N2O3S/c21-20(22)11-9-15-13-19-17-8-4-5-14(18(15)17)10-12-24(23)16-6-2-1-3-7-16/h1-8,10,12-13,19H,9,11H2/b12-10+. The first-order valence-corrected chi connectivity index (χ1v) is 8.71. The molecule has 1 aromatic heterocycles. The summed E-state index contributed by atoms with van der Waals surface area (Å²) in [6.07, 6.45) is 3.98. The molecule has 122 valence electrons. The Morgan fingerprint density at radius 3 is 2.67 bits per heavy atom. The molecule has 3 rings (SSSR count). The van der Waals surface area contributed by atoms with Gasteiger partial charge in [-0.2, -0.15) is 0 Å². The van der Waals surface area contributed by atoms with E-state index in [1.54, 1.807) is 11.6 Å². The van der Waals surface area contributed by atoms with Gasteiger partial charge in [0, 0.05) is 38.7 Å². The van der Waals surface area contributed by atoms with Gasteiger partial charge in [0.05, 0.1) is 10.8 Å². The van der Waals surface area contributed by atoms with Crippen LogP contribution < -0.4 is 0 Å². The molecular formula is C18H16N2O3S. The first-order chi connectivity index (χ1) is 11.6. The number of fused-ring (bicyclic) bond motifs is 1. The Morgan fingerprint density at radius 1 is 1.12 bits per heavy atom. The molecule has 0 spiro atoms. The zero-order valence-corrected chi connectivity index (χ0v) is 13.7. The van der Waals surface area contributed by atoms with Crippen molar-refractivity contribution in [3.8, 4) is 0 Å². The SMILES string of the molecule is O=[N+]([O-])CCc1c[nH]c2cccc(/C=C/S(=O)c3ccccc3)c12. The van der Waals surface area contributed by atoms with Crippen LogP contribution in [0.25, 0.3) is 17.0 Å². The fourth-order valence-corrected chi connectivity index (χ4v) is 3.45. The molecule has 0 aliphatic carbocycles. The number of aromatic amines is 1. The molecule has 1 heterocycles. The Morgan fingerprint density at radius 2 is 1.92 bits per heavy atom. The highest BCUT2D eigenvalue weighted by atomic mass is 32.2. The first kappa shape index (κ1) is 16.1. The largest absolute Gasteiger partial charge is 0.361 e. The Balaban J connectivity index is 1.91. The van der Waals surface area contributed by atoms with Crippen LogP contribution in [0.3, 0.4) is 0 Å². The van der Waals surface area contributed by atoms with Gasteiger partial charge in [0.2, 0.25) is 6.54 Å². The Kier molecular flexibility index (Phi) is 4.86. The highest BCUT2D eigenvalue weighted by molar-refractivity contribution is 7.88. The van der Waals surface area contributed by atoms with E-state index in [0.717, 1.165) is 26.9 Å². The lowest BCUT2D eigenvalue weighted by molar-refractivity contribution is -0.479. The summed E-state index contributed by atoms with van der Waals surface area (Å²) in [5.41, 5.74) is 2.71. The van der Waals surface area contributed by atoms with Crippen molar-refractivity contribution < 1.29 is 9.13 Å². The van der Waals surface area contributed by atoms with E-state index in [0.29, 0.717) is 6.42 Å². The Hall–Kier alpha value is -2.73. The molecule has 0 saturated carbocycles. The van der Waals surface area contributed by atoms with Crippen molar-refractivity contribution in [1.82, 2.24) is 4.98 Å². The predicted molar refractivity (Wildman–Crippen MR) is 95.7 cm³/mol.